The third-order valence-corrected chi connectivity index (χ3v) is 11.5. The van der Waals surface area contributed by atoms with Crippen molar-refractivity contribution in [1.29, 1.82) is 0 Å². The van der Waals surface area contributed by atoms with E-state index in [-0.39, 0.29) is 0 Å². The van der Waals surface area contributed by atoms with Gasteiger partial charge in [0.1, 0.15) is 0 Å². The van der Waals surface area contributed by atoms with Gasteiger partial charge in [-0.15, -0.1) is 0 Å². The van der Waals surface area contributed by atoms with Crippen molar-refractivity contribution in [1.82, 2.24) is 0 Å². The Morgan fingerprint density at radius 2 is 0.688 bits per heavy atom. The Balaban J connectivity index is 2.09. The molecule has 0 N–H and O–H groups in total. The van der Waals surface area contributed by atoms with Crippen molar-refractivity contribution in [2.45, 2.75) is 0 Å². The summed E-state index contributed by atoms with van der Waals surface area (Å²) in [5.74, 6) is 0. The first-order valence-corrected chi connectivity index (χ1v) is 13.6. The average molecular weight is 544 g/mol. The maximum absolute atomic E-state index is 3.94. The molecule has 0 aliphatic heterocycles. The maximum atomic E-state index is 3.94. The van der Waals surface area contributed by atoms with Crippen molar-refractivity contribution in [2.24, 2.45) is 0 Å². The molecule has 0 spiro atoms. The zero-order chi connectivity index (χ0) is 22.6. The zero-order valence-corrected chi connectivity index (χ0v) is 21.1. The second-order valence-corrected chi connectivity index (χ2v) is 12.8. The van der Waals surface area contributed by atoms with Gasteiger partial charge in [-0.05, 0) is 0 Å². The van der Waals surface area contributed by atoms with Crippen LogP contribution in [-0.4, -0.2) is 0 Å². The number of hydrogen-bond donors (Lipinski definition) is 0. The predicted octanol–water partition coefficient (Wildman–Crippen LogP) is 6.57. The summed E-state index contributed by atoms with van der Waals surface area (Å²) < 4.78 is 1.24. The fourth-order valence-electron chi connectivity index (χ4n) is 4.31. The molecule has 0 nitrogen and oxygen atoms in total. The molecule has 32 heavy (non-hydrogen) atoms. The van der Waals surface area contributed by atoms with Gasteiger partial charge in [0.25, 0.3) is 0 Å². The monoisotopic (exact) mass is 544 g/mol. The van der Waals surface area contributed by atoms with Crippen LogP contribution >= 0.6 is 29.9 Å². The Hall–Kier alpha value is -2.74. The zero-order valence-electron chi connectivity index (χ0n) is 18.0. The van der Waals surface area contributed by atoms with E-state index in [0.29, 0.717) is 0 Å². The first kappa shape index (κ1) is 22.5. The third-order valence-electron chi connectivity index (χ3n) is 6.02. The van der Waals surface area contributed by atoms with Crippen LogP contribution in [-0.2, 0) is 0 Å². The van der Waals surface area contributed by atoms with Crippen LogP contribution in [0.5, 0.6) is 0 Å². The summed E-state index contributed by atoms with van der Waals surface area (Å²) in [6.45, 7) is 11.8. The Labute approximate surface area is 205 Å². The van der Waals surface area contributed by atoms with Crippen molar-refractivity contribution in [3.8, 4) is 0 Å². The van der Waals surface area contributed by atoms with E-state index in [1.54, 1.807) is 0 Å². The fourth-order valence-corrected chi connectivity index (χ4v) is 9.33. The topological polar surface area (TPSA) is 0 Å². The van der Waals surface area contributed by atoms with E-state index in [1.165, 1.54) is 24.8 Å². The molecule has 2 heteroatoms. The molecule has 4 aromatic rings. The average Bonchev–Trinajstić information content (AvgIpc) is 2.86. The summed E-state index contributed by atoms with van der Waals surface area (Å²) in [5.41, 5.74) is 3.38. The van der Waals surface area contributed by atoms with E-state index in [4.69, 9.17) is 0 Å². The van der Waals surface area contributed by atoms with E-state index in [2.05, 4.69) is 139 Å². The normalized spacial score (nSPS) is 11.5. The molecule has 0 aromatic heterocycles. The van der Waals surface area contributed by atoms with E-state index in [9.17, 15) is 0 Å². The van der Waals surface area contributed by atoms with Gasteiger partial charge in [0.15, 0.2) is 0 Å². The van der Waals surface area contributed by atoms with Crippen LogP contribution in [0.2, 0.25) is 0 Å². The van der Waals surface area contributed by atoms with Gasteiger partial charge in [0.05, 0.1) is 0 Å². The van der Waals surface area contributed by atoms with E-state index in [1.807, 2.05) is 18.2 Å². The molecule has 0 heterocycles. The van der Waals surface area contributed by atoms with Gasteiger partial charge in [0, 0.05) is 0 Å². The molecule has 0 atom stereocenters. The Morgan fingerprint density at radius 3 is 0.938 bits per heavy atom. The molecule has 0 aliphatic rings. The van der Waals surface area contributed by atoms with Gasteiger partial charge in [0.2, 0.25) is 0 Å². The minimum absolute atomic E-state index is 1.13. The number of halogens is 1. The van der Waals surface area contributed by atoms with Gasteiger partial charge in [-0.1, -0.05) is 0 Å². The van der Waals surface area contributed by atoms with E-state index in [0.717, 1.165) is 16.7 Å². The van der Waals surface area contributed by atoms with Crippen LogP contribution in [0.4, 0.5) is 0 Å². The van der Waals surface area contributed by atoms with Crippen LogP contribution in [0.15, 0.2) is 117 Å². The molecule has 0 amide bonds. The van der Waals surface area contributed by atoms with Gasteiger partial charge in [-0.25, -0.2) is 0 Å². The quantitative estimate of drug-likeness (QED) is 0.182. The first-order valence-electron chi connectivity index (χ1n) is 10.6. The van der Waals surface area contributed by atoms with Crippen molar-refractivity contribution in [3.05, 3.63) is 137 Å². The summed E-state index contributed by atoms with van der Waals surface area (Å²) in [7, 11) is -2.54. The van der Waals surface area contributed by atoms with E-state index >= 15 is 0 Å². The van der Waals surface area contributed by atoms with Crippen LogP contribution in [0.1, 0.15) is 16.7 Å². The van der Waals surface area contributed by atoms with Gasteiger partial charge in [-0.3, -0.25) is 0 Å². The van der Waals surface area contributed by atoms with Crippen LogP contribution in [0.3, 0.4) is 0 Å². The SMILES string of the molecule is C=Cc1ccc([PH](c2ccc(I)cc2)(c2ccc(C=C)cc2)c2ccc(C=C)cc2)cc1. The molecule has 0 saturated heterocycles. The van der Waals surface area contributed by atoms with Gasteiger partial charge in [-0.2, -0.15) is 0 Å². The molecule has 0 saturated carbocycles. The summed E-state index contributed by atoms with van der Waals surface area (Å²) in [6.07, 6.45) is 5.70. The fraction of sp³-hybridized carbons (Fsp3) is 0. The molecule has 0 radical (unpaired) electrons. The number of benzene rings is 4. The molecule has 0 bridgehead atoms. The van der Waals surface area contributed by atoms with Crippen LogP contribution in [0.25, 0.3) is 18.2 Å². The molecule has 4 aromatic carbocycles. The summed E-state index contributed by atoms with van der Waals surface area (Å²) in [5, 5.41) is 5.41. The second kappa shape index (κ2) is 9.81. The third kappa shape index (κ3) is 4.16. The summed E-state index contributed by atoms with van der Waals surface area (Å²) >= 11 is 2.38. The first-order chi connectivity index (χ1) is 15.6. The van der Waals surface area contributed by atoms with E-state index < -0.39 is 7.26 Å². The molecule has 0 fully saturated rings. The van der Waals surface area contributed by atoms with Crippen molar-refractivity contribution in [2.75, 3.05) is 0 Å². The predicted molar refractivity (Wildman–Crippen MR) is 156 cm³/mol. The van der Waals surface area contributed by atoms with Crippen molar-refractivity contribution in [3.63, 3.8) is 0 Å². The molecule has 4 rings (SSSR count). The molecular formula is C30H26IP. The Kier molecular flexibility index (Phi) is 6.89. The van der Waals surface area contributed by atoms with Crippen molar-refractivity contribution < 1.29 is 0 Å². The Bertz CT molecular complexity index is 1110. The minimum atomic E-state index is -2.54. The number of hydrogen-bond acceptors (Lipinski definition) is 0. The van der Waals surface area contributed by atoms with Crippen molar-refractivity contribution >= 4 is 69.3 Å². The molecule has 0 aliphatic carbocycles. The molecule has 0 unspecified atom stereocenters. The standard InChI is InChI=1S/C30H26IP/c1-4-23-7-15-27(16-8-23)32(30-21-13-26(31)14-22-30,28-17-9-24(5-2)10-18-28)29-19-11-25(6-3)12-20-29/h4-22,32H,1-3H2. The molecule has 158 valence electrons. The second-order valence-electron chi connectivity index (χ2n) is 7.74. The summed E-state index contributed by atoms with van der Waals surface area (Å²) in [6, 6.07) is 35.8. The van der Waals surface area contributed by atoms with Gasteiger partial charge < -0.3 is 0 Å². The van der Waals surface area contributed by atoms with Crippen LogP contribution < -0.4 is 21.2 Å². The van der Waals surface area contributed by atoms with Crippen LogP contribution in [0, 0.1) is 3.57 Å². The number of rotatable bonds is 7. The summed E-state index contributed by atoms with van der Waals surface area (Å²) in [4.78, 5) is 0. The molecular weight excluding hydrogens is 518 g/mol. The Morgan fingerprint density at radius 1 is 0.438 bits per heavy atom. The van der Waals surface area contributed by atoms with Gasteiger partial charge >= 0.3 is 206 Å².